The van der Waals surface area contributed by atoms with Crippen LogP contribution in [0.15, 0.2) is 36.5 Å². The highest BCUT2D eigenvalue weighted by molar-refractivity contribution is 5.76. The molecule has 6 N–H and O–H groups in total. The van der Waals surface area contributed by atoms with Crippen molar-refractivity contribution in [3.63, 3.8) is 0 Å². The second kappa shape index (κ2) is 61.5. The van der Waals surface area contributed by atoms with Gasteiger partial charge in [-0.3, -0.25) is 9.59 Å². The summed E-state index contributed by atoms with van der Waals surface area (Å²) in [6.07, 6.45) is 68.8. The number of amides is 1. The highest BCUT2D eigenvalue weighted by Crippen LogP contribution is 2.23. The van der Waals surface area contributed by atoms with E-state index in [0.29, 0.717) is 19.4 Å². The summed E-state index contributed by atoms with van der Waals surface area (Å²) in [7, 11) is 0. The molecule has 11 heteroatoms. The minimum Gasteiger partial charge on any atom is -0.466 e. The quantitative estimate of drug-likeness (QED) is 0.0195. The van der Waals surface area contributed by atoms with Gasteiger partial charge in [0.15, 0.2) is 6.29 Å². The molecule has 1 fully saturated rings. The number of carbonyl (C=O) groups is 2. The van der Waals surface area contributed by atoms with Gasteiger partial charge in [-0.2, -0.15) is 0 Å². The number of rotatable bonds is 63. The van der Waals surface area contributed by atoms with Crippen molar-refractivity contribution in [3.8, 4) is 0 Å². The summed E-state index contributed by atoms with van der Waals surface area (Å²) >= 11 is 0. The van der Waals surface area contributed by atoms with Crippen molar-refractivity contribution < 1.29 is 49.3 Å². The number of aliphatic hydroxyl groups is 5. The Morgan fingerprint density at radius 1 is 0.434 bits per heavy atom. The number of aliphatic hydroxyl groups excluding tert-OH is 5. The molecule has 11 nitrogen and oxygen atoms in total. The van der Waals surface area contributed by atoms with E-state index in [-0.39, 0.29) is 18.5 Å². The lowest BCUT2D eigenvalue weighted by Crippen LogP contribution is -2.60. The summed E-state index contributed by atoms with van der Waals surface area (Å²) in [5.41, 5.74) is 0. The number of unbranched alkanes of at least 4 members (excludes halogenated alkanes) is 45. The molecule has 1 aliphatic heterocycles. The van der Waals surface area contributed by atoms with Gasteiger partial charge in [0, 0.05) is 12.8 Å². The molecule has 0 aliphatic carbocycles. The molecule has 7 atom stereocenters. The van der Waals surface area contributed by atoms with E-state index >= 15 is 0 Å². The first-order chi connectivity index (χ1) is 40.7. The second-order valence-electron chi connectivity index (χ2n) is 24.9. The molecule has 0 saturated carbocycles. The number of nitrogens with one attached hydrogen (secondary N) is 1. The van der Waals surface area contributed by atoms with Gasteiger partial charge < -0.3 is 45.1 Å². The summed E-state index contributed by atoms with van der Waals surface area (Å²) in [4.78, 5) is 25.1. The maximum absolute atomic E-state index is 13.0. The molecule has 1 heterocycles. The molecule has 7 unspecified atom stereocenters. The van der Waals surface area contributed by atoms with Crippen molar-refractivity contribution >= 4 is 11.9 Å². The fourth-order valence-electron chi connectivity index (χ4n) is 11.3. The van der Waals surface area contributed by atoms with Crippen molar-refractivity contribution in [1.29, 1.82) is 0 Å². The molecule has 0 bridgehead atoms. The fraction of sp³-hybridized carbons (Fsp3) is 0.889. The van der Waals surface area contributed by atoms with E-state index in [2.05, 4.69) is 43.5 Å². The zero-order valence-corrected chi connectivity index (χ0v) is 54.2. The summed E-state index contributed by atoms with van der Waals surface area (Å²) in [6, 6.07) is -0.824. The minimum absolute atomic E-state index is 0.0121. The van der Waals surface area contributed by atoms with Gasteiger partial charge in [0.1, 0.15) is 24.4 Å². The average Bonchev–Trinajstić information content (AvgIpc) is 3.53. The summed E-state index contributed by atoms with van der Waals surface area (Å²) in [5, 5.41) is 54.3. The van der Waals surface area contributed by atoms with Crippen molar-refractivity contribution in [3.05, 3.63) is 36.5 Å². The Bertz CT molecular complexity index is 1470. The fourth-order valence-corrected chi connectivity index (χ4v) is 11.3. The molecule has 0 aromatic heterocycles. The Kier molecular flexibility index (Phi) is 58.5. The van der Waals surface area contributed by atoms with Crippen LogP contribution in [0, 0.1) is 0 Å². The van der Waals surface area contributed by atoms with E-state index in [4.69, 9.17) is 14.2 Å². The third-order valence-electron chi connectivity index (χ3n) is 17.0. The minimum atomic E-state index is -1.57. The van der Waals surface area contributed by atoms with Gasteiger partial charge in [-0.05, 0) is 70.6 Å². The van der Waals surface area contributed by atoms with Crippen LogP contribution in [-0.4, -0.2) is 100 Å². The molecule has 83 heavy (non-hydrogen) atoms. The topological polar surface area (TPSA) is 175 Å². The molecule has 1 amide bonds. The van der Waals surface area contributed by atoms with Gasteiger partial charge in [0.2, 0.25) is 5.91 Å². The van der Waals surface area contributed by atoms with Crippen LogP contribution in [0.25, 0.3) is 0 Å². The highest BCUT2D eigenvalue weighted by Gasteiger charge is 2.44. The van der Waals surface area contributed by atoms with Crippen LogP contribution in [0.4, 0.5) is 0 Å². The third kappa shape index (κ3) is 50.6. The highest BCUT2D eigenvalue weighted by atomic mass is 16.7. The number of carbonyl (C=O) groups excluding carboxylic acids is 2. The maximum Gasteiger partial charge on any atom is 0.305 e. The maximum atomic E-state index is 13.0. The first kappa shape index (κ1) is 78.9. The Hall–Kier alpha value is -2.12. The van der Waals surface area contributed by atoms with Gasteiger partial charge in [0.25, 0.3) is 0 Å². The predicted octanol–water partition coefficient (Wildman–Crippen LogP) is 18.2. The van der Waals surface area contributed by atoms with Gasteiger partial charge in [-0.15, -0.1) is 0 Å². The van der Waals surface area contributed by atoms with Crippen molar-refractivity contribution in [2.75, 3.05) is 19.8 Å². The van der Waals surface area contributed by atoms with Crippen molar-refractivity contribution in [2.45, 2.75) is 391 Å². The Labute approximate surface area is 511 Å². The number of hydrogen-bond acceptors (Lipinski definition) is 10. The second-order valence-corrected chi connectivity index (χ2v) is 24.9. The van der Waals surface area contributed by atoms with Crippen LogP contribution in [0.3, 0.4) is 0 Å². The van der Waals surface area contributed by atoms with E-state index < -0.39 is 49.5 Å². The first-order valence-corrected chi connectivity index (χ1v) is 35.8. The monoisotopic (exact) mass is 1170 g/mol. The molecule has 1 saturated heterocycles. The SMILES string of the molecule is CCCCCC/C=C/CC/C=C/C(O)C(COC1OC(CO)C(O)C(O)C1O)NC(=O)CCCCCCCCCCCCCCCCCCC/C=C\CCCCCCCCCCCCCCOC(=O)CCCCCCCCCCCCCC. The molecular formula is C72H135NO10. The van der Waals surface area contributed by atoms with Crippen molar-refractivity contribution in [1.82, 2.24) is 5.32 Å². The lowest BCUT2D eigenvalue weighted by molar-refractivity contribution is -0.302. The molecular weight excluding hydrogens is 1040 g/mol. The number of ether oxygens (including phenoxy) is 3. The normalized spacial score (nSPS) is 18.3. The van der Waals surface area contributed by atoms with E-state index in [9.17, 15) is 35.1 Å². The first-order valence-electron chi connectivity index (χ1n) is 35.8. The standard InChI is InChI=1S/C72H135NO10/c1-3-5-7-9-11-13-15-40-44-48-52-56-60-68(77)81-61-57-53-49-45-41-38-36-34-32-30-28-26-24-22-20-18-16-17-19-21-23-25-27-29-31-33-35-37-39-43-47-51-55-59-67(76)73-64(63-82-72-71(80)70(79)69(78)66(62-74)83-72)65(75)58-54-50-46-42-14-12-10-8-6-4-2/h14,20,22,42,54,58,64-66,69-72,74-75,78-80H,3-13,15-19,21,23-41,43-53,55-57,59-63H2,1-2H3,(H,73,76)/b22-20-,42-14+,58-54+. The van der Waals surface area contributed by atoms with Gasteiger partial charge >= 0.3 is 5.97 Å². The van der Waals surface area contributed by atoms with Crippen LogP contribution in [0.1, 0.15) is 348 Å². The van der Waals surface area contributed by atoms with Crippen LogP contribution < -0.4 is 5.32 Å². The van der Waals surface area contributed by atoms with E-state index in [0.717, 1.165) is 51.4 Å². The zero-order valence-electron chi connectivity index (χ0n) is 54.2. The molecule has 488 valence electrons. The molecule has 1 aliphatic rings. The lowest BCUT2D eigenvalue weighted by atomic mass is 9.99. The Balaban J connectivity index is 1.92. The number of hydrogen-bond donors (Lipinski definition) is 6. The smallest absolute Gasteiger partial charge is 0.305 e. The lowest BCUT2D eigenvalue weighted by Gasteiger charge is -2.40. The van der Waals surface area contributed by atoms with E-state index in [1.54, 1.807) is 6.08 Å². The molecule has 1 rings (SSSR count). The van der Waals surface area contributed by atoms with Crippen LogP contribution >= 0.6 is 0 Å². The Morgan fingerprint density at radius 2 is 0.783 bits per heavy atom. The van der Waals surface area contributed by atoms with Gasteiger partial charge in [0.05, 0.1) is 32.0 Å². The molecule has 0 aromatic carbocycles. The third-order valence-corrected chi connectivity index (χ3v) is 17.0. The van der Waals surface area contributed by atoms with Gasteiger partial charge in [-0.25, -0.2) is 0 Å². The largest absolute Gasteiger partial charge is 0.466 e. The summed E-state index contributed by atoms with van der Waals surface area (Å²) in [6.45, 7) is 4.32. The molecule has 0 aromatic rings. The number of allylic oxidation sites excluding steroid dienone is 5. The van der Waals surface area contributed by atoms with Crippen LogP contribution in [-0.2, 0) is 23.8 Å². The Morgan fingerprint density at radius 3 is 1.20 bits per heavy atom. The van der Waals surface area contributed by atoms with Gasteiger partial charge in [-0.1, -0.05) is 301 Å². The molecule has 0 spiro atoms. The summed E-state index contributed by atoms with van der Waals surface area (Å²) in [5.74, 6) is -0.177. The zero-order chi connectivity index (χ0) is 60.2. The predicted molar refractivity (Wildman–Crippen MR) is 347 cm³/mol. The van der Waals surface area contributed by atoms with E-state index in [1.165, 1.54) is 270 Å². The van der Waals surface area contributed by atoms with Crippen molar-refractivity contribution in [2.24, 2.45) is 0 Å². The average molecular weight is 1170 g/mol. The van der Waals surface area contributed by atoms with Crippen LogP contribution in [0.2, 0.25) is 0 Å². The molecule has 0 radical (unpaired) electrons. The van der Waals surface area contributed by atoms with Crippen LogP contribution in [0.5, 0.6) is 0 Å². The summed E-state index contributed by atoms with van der Waals surface area (Å²) < 4.78 is 16.7. The number of esters is 1. The van der Waals surface area contributed by atoms with E-state index in [1.807, 2.05) is 6.08 Å².